The lowest BCUT2D eigenvalue weighted by atomic mass is 10.0. The Kier molecular flexibility index (Phi) is 4.99. The van der Waals surface area contributed by atoms with Crippen LogP contribution in [-0.2, 0) is 0 Å². The van der Waals surface area contributed by atoms with Crippen LogP contribution in [0.1, 0.15) is 28.4 Å². The van der Waals surface area contributed by atoms with Crippen molar-refractivity contribution in [2.45, 2.75) is 20.8 Å². The van der Waals surface area contributed by atoms with Crippen molar-refractivity contribution in [2.75, 3.05) is 13.2 Å². The Labute approximate surface area is 125 Å². The summed E-state index contributed by atoms with van der Waals surface area (Å²) in [6.07, 6.45) is 0. The zero-order valence-corrected chi connectivity index (χ0v) is 12.7. The lowest BCUT2D eigenvalue weighted by Gasteiger charge is -2.11. The van der Waals surface area contributed by atoms with Crippen LogP contribution in [0.3, 0.4) is 0 Å². The smallest absolute Gasteiger partial charge is 0.200 e. The molecule has 0 saturated carbocycles. The molecule has 0 unspecified atom stereocenters. The SMILES string of the molecule is CCOc1ccccc1OCC(=O)c1ccc(C)c(C)c1. The first-order chi connectivity index (χ1) is 10.1. The fourth-order valence-corrected chi connectivity index (χ4v) is 1.99. The second-order valence-electron chi connectivity index (χ2n) is 4.89. The minimum Gasteiger partial charge on any atom is -0.490 e. The third-order valence-corrected chi connectivity index (χ3v) is 3.34. The zero-order chi connectivity index (χ0) is 15.2. The van der Waals surface area contributed by atoms with Crippen LogP contribution in [-0.4, -0.2) is 19.0 Å². The van der Waals surface area contributed by atoms with E-state index in [1.54, 1.807) is 6.07 Å². The number of ketones is 1. The molecule has 0 aromatic heterocycles. The van der Waals surface area contributed by atoms with Gasteiger partial charge in [-0.1, -0.05) is 24.3 Å². The van der Waals surface area contributed by atoms with Gasteiger partial charge in [-0.3, -0.25) is 4.79 Å². The van der Waals surface area contributed by atoms with Crippen molar-refractivity contribution in [1.29, 1.82) is 0 Å². The van der Waals surface area contributed by atoms with Crippen molar-refractivity contribution in [3.05, 3.63) is 59.2 Å². The van der Waals surface area contributed by atoms with Crippen LogP contribution in [0.25, 0.3) is 0 Å². The molecule has 0 heterocycles. The van der Waals surface area contributed by atoms with E-state index in [1.165, 1.54) is 5.56 Å². The summed E-state index contributed by atoms with van der Waals surface area (Å²) in [7, 11) is 0. The van der Waals surface area contributed by atoms with Crippen molar-refractivity contribution in [2.24, 2.45) is 0 Å². The number of ether oxygens (including phenoxy) is 2. The van der Waals surface area contributed by atoms with Gasteiger partial charge in [0, 0.05) is 5.56 Å². The van der Waals surface area contributed by atoms with Crippen molar-refractivity contribution in [1.82, 2.24) is 0 Å². The minimum absolute atomic E-state index is 0.00654. The molecular weight excluding hydrogens is 264 g/mol. The van der Waals surface area contributed by atoms with E-state index >= 15 is 0 Å². The van der Waals surface area contributed by atoms with E-state index in [0.29, 0.717) is 23.7 Å². The number of aryl methyl sites for hydroxylation is 2. The van der Waals surface area contributed by atoms with Gasteiger partial charge in [0.2, 0.25) is 0 Å². The summed E-state index contributed by atoms with van der Waals surface area (Å²) in [5.41, 5.74) is 2.96. The molecule has 0 saturated heterocycles. The number of para-hydroxylation sites is 2. The fraction of sp³-hybridized carbons (Fsp3) is 0.278. The molecule has 0 bridgehead atoms. The van der Waals surface area contributed by atoms with Crippen LogP contribution < -0.4 is 9.47 Å². The highest BCUT2D eigenvalue weighted by Gasteiger charge is 2.10. The van der Waals surface area contributed by atoms with Crippen molar-refractivity contribution in [3.8, 4) is 11.5 Å². The van der Waals surface area contributed by atoms with E-state index in [0.717, 1.165) is 5.56 Å². The quantitative estimate of drug-likeness (QED) is 0.753. The summed E-state index contributed by atoms with van der Waals surface area (Å²) in [5, 5.41) is 0. The van der Waals surface area contributed by atoms with Crippen LogP contribution in [0.15, 0.2) is 42.5 Å². The van der Waals surface area contributed by atoms with Crippen LogP contribution in [0, 0.1) is 13.8 Å². The van der Waals surface area contributed by atoms with Gasteiger partial charge >= 0.3 is 0 Å². The number of hydrogen-bond donors (Lipinski definition) is 0. The molecule has 2 rings (SSSR count). The Hall–Kier alpha value is -2.29. The molecule has 3 nitrogen and oxygen atoms in total. The average molecular weight is 284 g/mol. The number of rotatable bonds is 6. The first-order valence-corrected chi connectivity index (χ1v) is 7.07. The molecule has 0 fully saturated rings. The van der Waals surface area contributed by atoms with Gasteiger partial charge in [0.05, 0.1) is 6.61 Å². The van der Waals surface area contributed by atoms with Gasteiger partial charge in [0.15, 0.2) is 23.9 Å². The molecule has 21 heavy (non-hydrogen) atoms. The van der Waals surface area contributed by atoms with Crippen LogP contribution in [0.4, 0.5) is 0 Å². The maximum atomic E-state index is 12.2. The second-order valence-corrected chi connectivity index (χ2v) is 4.89. The maximum Gasteiger partial charge on any atom is 0.200 e. The maximum absolute atomic E-state index is 12.2. The molecule has 3 heteroatoms. The highest BCUT2D eigenvalue weighted by molar-refractivity contribution is 5.97. The highest BCUT2D eigenvalue weighted by atomic mass is 16.5. The van der Waals surface area contributed by atoms with E-state index in [-0.39, 0.29) is 12.4 Å². The summed E-state index contributed by atoms with van der Waals surface area (Å²) in [5.74, 6) is 1.22. The van der Waals surface area contributed by atoms with Crippen LogP contribution >= 0.6 is 0 Å². The molecule has 0 aliphatic heterocycles. The molecule has 0 aliphatic rings. The van der Waals surface area contributed by atoms with Crippen molar-refractivity contribution >= 4 is 5.78 Å². The van der Waals surface area contributed by atoms with Gasteiger partial charge in [-0.15, -0.1) is 0 Å². The van der Waals surface area contributed by atoms with Crippen LogP contribution in [0.2, 0.25) is 0 Å². The van der Waals surface area contributed by atoms with E-state index in [9.17, 15) is 4.79 Å². The monoisotopic (exact) mass is 284 g/mol. The summed E-state index contributed by atoms with van der Waals surface area (Å²) in [4.78, 5) is 12.2. The number of hydrogen-bond acceptors (Lipinski definition) is 3. The Balaban J connectivity index is 2.05. The molecule has 2 aromatic rings. The lowest BCUT2D eigenvalue weighted by Crippen LogP contribution is -2.12. The van der Waals surface area contributed by atoms with Gasteiger partial charge < -0.3 is 9.47 Å². The number of benzene rings is 2. The second kappa shape index (κ2) is 6.93. The summed E-state index contributed by atoms with van der Waals surface area (Å²) >= 11 is 0. The van der Waals surface area contributed by atoms with E-state index in [1.807, 2.05) is 57.2 Å². The molecule has 0 spiro atoms. The largest absolute Gasteiger partial charge is 0.490 e. The Morgan fingerprint density at radius 2 is 1.62 bits per heavy atom. The number of carbonyl (C=O) groups excluding carboxylic acids is 1. The van der Waals surface area contributed by atoms with E-state index < -0.39 is 0 Å². The zero-order valence-electron chi connectivity index (χ0n) is 12.7. The Morgan fingerprint density at radius 3 is 2.24 bits per heavy atom. The molecule has 0 aliphatic carbocycles. The third-order valence-electron chi connectivity index (χ3n) is 3.34. The summed E-state index contributed by atoms with van der Waals surface area (Å²) < 4.78 is 11.1. The lowest BCUT2D eigenvalue weighted by molar-refractivity contribution is 0.0919. The predicted octanol–water partition coefficient (Wildman–Crippen LogP) is 3.96. The van der Waals surface area contributed by atoms with E-state index in [4.69, 9.17) is 9.47 Å². The molecule has 0 radical (unpaired) electrons. The molecule has 2 aromatic carbocycles. The van der Waals surface area contributed by atoms with Gasteiger partial charge in [-0.05, 0) is 50.1 Å². The average Bonchev–Trinajstić information content (AvgIpc) is 2.49. The third kappa shape index (κ3) is 3.85. The molecule has 110 valence electrons. The molecule has 0 atom stereocenters. The Morgan fingerprint density at radius 1 is 0.952 bits per heavy atom. The van der Waals surface area contributed by atoms with Gasteiger partial charge in [-0.25, -0.2) is 0 Å². The number of Topliss-reactive ketones (excluding diaryl/α,β-unsaturated/α-hetero) is 1. The first kappa shape index (κ1) is 15.1. The van der Waals surface area contributed by atoms with Gasteiger partial charge in [0.25, 0.3) is 0 Å². The molecular formula is C18H20O3. The molecule has 0 amide bonds. The van der Waals surface area contributed by atoms with Crippen molar-refractivity contribution < 1.29 is 14.3 Å². The topological polar surface area (TPSA) is 35.5 Å². The van der Waals surface area contributed by atoms with Gasteiger partial charge in [-0.2, -0.15) is 0 Å². The first-order valence-electron chi connectivity index (χ1n) is 7.07. The minimum atomic E-state index is -0.0376. The van der Waals surface area contributed by atoms with Gasteiger partial charge in [0.1, 0.15) is 0 Å². The molecule has 0 N–H and O–H groups in total. The van der Waals surface area contributed by atoms with Crippen molar-refractivity contribution in [3.63, 3.8) is 0 Å². The van der Waals surface area contributed by atoms with Crippen LogP contribution in [0.5, 0.6) is 11.5 Å². The predicted molar refractivity (Wildman–Crippen MR) is 83.4 cm³/mol. The number of carbonyl (C=O) groups is 1. The Bertz CT molecular complexity index is 632. The fourth-order valence-electron chi connectivity index (χ4n) is 1.99. The van der Waals surface area contributed by atoms with E-state index in [2.05, 4.69) is 0 Å². The highest BCUT2D eigenvalue weighted by Crippen LogP contribution is 2.26. The standard InChI is InChI=1S/C18H20O3/c1-4-20-17-7-5-6-8-18(17)21-12-16(19)15-10-9-13(2)14(3)11-15/h5-11H,4,12H2,1-3H3. The summed E-state index contributed by atoms with van der Waals surface area (Å²) in [6.45, 7) is 6.50. The normalized spacial score (nSPS) is 10.2. The summed E-state index contributed by atoms with van der Waals surface area (Å²) in [6, 6.07) is 13.1.